The van der Waals surface area contributed by atoms with Crippen LogP contribution < -0.4 is 5.11 Å². The third-order valence-electron chi connectivity index (χ3n) is 4.97. The van der Waals surface area contributed by atoms with E-state index in [9.17, 15) is 9.90 Å². The van der Waals surface area contributed by atoms with Crippen molar-refractivity contribution < 1.29 is 23.9 Å². The molecule has 5 nitrogen and oxygen atoms in total. The molecule has 0 bridgehead atoms. The maximum absolute atomic E-state index is 9.87. The van der Waals surface area contributed by atoms with E-state index in [4.69, 9.17) is 9.47 Å². The maximum Gasteiger partial charge on any atom is 0.0786 e. The zero-order valence-corrected chi connectivity index (χ0v) is 19.6. The number of quaternary nitrogens is 1. The van der Waals surface area contributed by atoms with Crippen LogP contribution in [0.4, 0.5) is 0 Å². The van der Waals surface area contributed by atoms with E-state index in [0.717, 1.165) is 0 Å². The minimum Gasteiger partial charge on any atom is -0.550 e. The van der Waals surface area contributed by atoms with Gasteiger partial charge in [-0.15, -0.1) is 0 Å². The van der Waals surface area contributed by atoms with Gasteiger partial charge in [-0.1, -0.05) is 53.4 Å². The van der Waals surface area contributed by atoms with Crippen LogP contribution in [0.5, 0.6) is 0 Å². The van der Waals surface area contributed by atoms with Crippen molar-refractivity contribution in [2.75, 3.05) is 52.6 Å². The first kappa shape index (κ1) is 29.6. The number of carbonyl (C=O) groups is 1. The second kappa shape index (κ2) is 22.6. The second-order valence-electron chi connectivity index (χ2n) is 7.58. The first-order valence-electron chi connectivity index (χ1n) is 11.7. The minimum absolute atomic E-state index is 0.0495. The molecule has 5 heteroatoms. The Morgan fingerprint density at radius 3 is 1.39 bits per heavy atom. The lowest BCUT2D eigenvalue weighted by Crippen LogP contribution is -2.50. The summed E-state index contributed by atoms with van der Waals surface area (Å²) >= 11 is 0. The first-order chi connectivity index (χ1) is 13.5. The van der Waals surface area contributed by atoms with Crippen LogP contribution in [-0.4, -0.2) is 63.1 Å². The van der Waals surface area contributed by atoms with Gasteiger partial charge >= 0.3 is 0 Å². The standard InChI is InChI=1S/C16H36N.C7H14O4/c1-5-9-13-17(14-10-6-2,15-11-7-3)16-12-8-4;1-2-10-5-6-11-4-3-7(8)9/h5-16H2,1-4H3;2-6H2,1H3,(H,8,9)/q+1;/p-1. The first-order valence-corrected chi connectivity index (χ1v) is 11.7. The summed E-state index contributed by atoms with van der Waals surface area (Å²) in [5.41, 5.74) is 0. The van der Waals surface area contributed by atoms with Crippen molar-refractivity contribution in [3.8, 4) is 0 Å². The van der Waals surface area contributed by atoms with E-state index in [0.29, 0.717) is 19.8 Å². The molecule has 0 saturated carbocycles. The molecule has 28 heavy (non-hydrogen) atoms. The fourth-order valence-corrected chi connectivity index (χ4v) is 3.16. The summed E-state index contributed by atoms with van der Waals surface area (Å²) in [6.45, 7) is 18.7. The van der Waals surface area contributed by atoms with Crippen LogP contribution in [0, 0.1) is 0 Å². The molecule has 0 aromatic rings. The van der Waals surface area contributed by atoms with Crippen LogP contribution >= 0.6 is 0 Å². The Kier molecular flexibility index (Phi) is 23.9. The van der Waals surface area contributed by atoms with Gasteiger partial charge in [-0.25, -0.2) is 0 Å². The van der Waals surface area contributed by atoms with E-state index in [1.807, 2.05) is 6.92 Å². The van der Waals surface area contributed by atoms with Crippen LogP contribution in [0.15, 0.2) is 0 Å². The van der Waals surface area contributed by atoms with Gasteiger partial charge in [-0.3, -0.25) is 0 Å². The number of carboxylic acid groups (broad SMARTS) is 1. The third-order valence-corrected chi connectivity index (χ3v) is 4.97. The molecule has 0 fully saturated rings. The third kappa shape index (κ3) is 20.1. The van der Waals surface area contributed by atoms with Gasteiger partial charge in [0.15, 0.2) is 0 Å². The van der Waals surface area contributed by atoms with Gasteiger partial charge in [0.2, 0.25) is 0 Å². The van der Waals surface area contributed by atoms with E-state index in [1.165, 1.54) is 82.0 Å². The molecule has 0 spiro atoms. The molecule has 0 heterocycles. The number of carboxylic acids is 1. The minimum atomic E-state index is -1.08. The maximum atomic E-state index is 9.87. The molecule has 0 aliphatic carbocycles. The molecule has 0 aliphatic rings. The highest BCUT2D eigenvalue weighted by Crippen LogP contribution is 2.16. The van der Waals surface area contributed by atoms with Crippen molar-refractivity contribution in [3.05, 3.63) is 0 Å². The van der Waals surface area contributed by atoms with Crippen LogP contribution in [-0.2, 0) is 14.3 Å². The number of carbonyl (C=O) groups excluding carboxylic acids is 1. The largest absolute Gasteiger partial charge is 0.550 e. The van der Waals surface area contributed by atoms with Crippen molar-refractivity contribution in [1.82, 2.24) is 0 Å². The topological polar surface area (TPSA) is 58.6 Å². The van der Waals surface area contributed by atoms with Gasteiger partial charge in [0.05, 0.1) is 46.0 Å². The van der Waals surface area contributed by atoms with E-state index < -0.39 is 5.97 Å². The molecule has 0 radical (unpaired) electrons. The molecule has 0 aliphatic heterocycles. The zero-order valence-electron chi connectivity index (χ0n) is 19.6. The van der Waals surface area contributed by atoms with E-state index >= 15 is 0 Å². The lowest BCUT2D eigenvalue weighted by molar-refractivity contribution is -0.929. The zero-order chi connectivity index (χ0) is 21.5. The normalized spacial score (nSPS) is 11.2. The Bertz CT molecular complexity index is 286. The Morgan fingerprint density at radius 2 is 1.07 bits per heavy atom. The number of aliphatic carboxylic acids is 1. The molecule has 0 aromatic heterocycles. The summed E-state index contributed by atoms with van der Waals surface area (Å²) < 4.78 is 11.3. The summed E-state index contributed by atoms with van der Waals surface area (Å²) in [6.07, 6.45) is 11.0. The Labute approximate surface area is 175 Å². The monoisotopic (exact) mass is 403 g/mol. The Hall–Kier alpha value is -0.650. The van der Waals surface area contributed by atoms with Crippen molar-refractivity contribution >= 4 is 5.97 Å². The molecule has 0 N–H and O–H groups in total. The van der Waals surface area contributed by atoms with Gasteiger partial charge in [-0.05, 0) is 32.6 Å². The quantitative estimate of drug-likeness (QED) is 0.240. The second-order valence-corrected chi connectivity index (χ2v) is 7.58. The van der Waals surface area contributed by atoms with Gasteiger partial charge in [0, 0.05) is 19.0 Å². The van der Waals surface area contributed by atoms with Crippen molar-refractivity contribution in [2.24, 2.45) is 0 Å². The SMILES string of the molecule is CCCC[N+](CCCC)(CCCC)CCCC.CCOCCOCCC(=O)[O-]. The summed E-state index contributed by atoms with van der Waals surface area (Å²) in [6, 6.07) is 0. The Balaban J connectivity index is 0. The van der Waals surface area contributed by atoms with Crippen molar-refractivity contribution in [2.45, 2.75) is 92.4 Å². The molecule has 0 atom stereocenters. The van der Waals surface area contributed by atoms with Crippen LogP contribution in [0.1, 0.15) is 92.4 Å². The molecular weight excluding hydrogens is 354 g/mol. The smallest absolute Gasteiger partial charge is 0.0786 e. The van der Waals surface area contributed by atoms with Crippen LogP contribution in [0.3, 0.4) is 0 Å². The van der Waals surface area contributed by atoms with Gasteiger partial charge in [-0.2, -0.15) is 0 Å². The fraction of sp³-hybridized carbons (Fsp3) is 0.957. The average molecular weight is 404 g/mol. The lowest BCUT2D eigenvalue weighted by Gasteiger charge is -2.39. The highest BCUT2D eigenvalue weighted by molar-refractivity contribution is 5.64. The summed E-state index contributed by atoms with van der Waals surface area (Å²) in [5.74, 6) is -1.08. The Morgan fingerprint density at radius 1 is 0.679 bits per heavy atom. The summed E-state index contributed by atoms with van der Waals surface area (Å²) in [5, 5.41) is 9.87. The van der Waals surface area contributed by atoms with E-state index in [2.05, 4.69) is 27.7 Å². The van der Waals surface area contributed by atoms with Crippen LogP contribution in [0.25, 0.3) is 0 Å². The van der Waals surface area contributed by atoms with Gasteiger partial charge < -0.3 is 23.9 Å². The van der Waals surface area contributed by atoms with Crippen molar-refractivity contribution in [3.63, 3.8) is 0 Å². The van der Waals surface area contributed by atoms with Gasteiger partial charge in [0.1, 0.15) is 0 Å². The predicted octanol–water partition coefficient (Wildman–Crippen LogP) is 4.18. The van der Waals surface area contributed by atoms with E-state index in [1.54, 1.807) is 0 Å². The molecule has 0 saturated heterocycles. The average Bonchev–Trinajstić information content (AvgIpc) is 2.70. The number of hydrogen-bond acceptors (Lipinski definition) is 4. The number of hydrogen-bond donors (Lipinski definition) is 0. The molecular formula is C23H49NO4. The van der Waals surface area contributed by atoms with Gasteiger partial charge in [0.25, 0.3) is 0 Å². The molecule has 0 aromatic carbocycles. The molecule has 0 rings (SSSR count). The number of unbranched alkanes of at least 4 members (excludes halogenated alkanes) is 4. The molecule has 0 unspecified atom stereocenters. The van der Waals surface area contributed by atoms with Crippen molar-refractivity contribution in [1.29, 1.82) is 0 Å². The summed E-state index contributed by atoms with van der Waals surface area (Å²) in [7, 11) is 0. The van der Waals surface area contributed by atoms with Crippen LogP contribution in [0.2, 0.25) is 0 Å². The number of nitrogens with zero attached hydrogens (tertiary/aromatic N) is 1. The fourth-order valence-electron chi connectivity index (χ4n) is 3.16. The number of ether oxygens (including phenoxy) is 2. The lowest BCUT2D eigenvalue weighted by atomic mass is 10.1. The highest BCUT2D eigenvalue weighted by Gasteiger charge is 2.24. The number of rotatable bonds is 19. The molecule has 170 valence electrons. The summed E-state index contributed by atoms with van der Waals surface area (Å²) in [4.78, 5) is 9.87. The highest BCUT2D eigenvalue weighted by atomic mass is 16.5. The predicted molar refractivity (Wildman–Crippen MR) is 116 cm³/mol. The van der Waals surface area contributed by atoms with E-state index in [-0.39, 0.29) is 13.0 Å². The molecule has 0 amide bonds.